The minimum Gasteiger partial charge on any atom is -0.481 e. The average Bonchev–Trinajstić information content (AvgIpc) is 2.14. The van der Waals surface area contributed by atoms with Gasteiger partial charge in [0.15, 0.2) is 0 Å². The van der Waals surface area contributed by atoms with E-state index < -0.39 is 11.4 Å². The lowest BCUT2D eigenvalue weighted by atomic mass is 9.84. The van der Waals surface area contributed by atoms with Gasteiger partial charge in [-0.3, -0.25) is 4.79 Å². The summed E-state index contributed by atoms with van der Waals surface area (Å²) in [4.78, 5) is 10.9. The van der Waals surface area contributed by atoms with Crippen molar-refractivity contribution in [2.24, 2.45) is 11.3 Å². The van der Waals surface area contributed by atoms with Gasteiger partial charge < -0.3 is 5.11 Å². The minimum absolute atomic E-state index is 0.579. The zero-order chi connectivity index (χ0) is 12.8. The minimum atomic E-state index is -0.691. The quantitative estimate of drug-likeness (QED) is 0.658. The van der Waals surface area contributed by atoms with Gasteiger partial charge in [0.05, 0.1) is 5.41 Å². The highest BCUT2D eigenvalue weighted by molar-refractivity contribution is 5.73. The van der Waals surface area contributed by atoms with Crippen LogP contribution < -0.4 is 0 Å². The lowest BCUT2D eigenvalue weighted by Crippen LogP contribution is -2.24. The Labute approximate surface area is 99.7 Å². The van der Waals surface area contributed by atoms with Crippen LogP contribution in [0.2, 0.25) is 0 Å². The highest BCUT2D eigenvalue weighted by atomic mass is 16.4. The van der Waals surface area contributed by atoms with Gasteiger partial charge in [0.2, 0.25) is 0 Å². The maximum absolute atomic E-state index is 10.9. The number of allylic oxidation sites excluding steroid dienone is 2. The molecule has 0 bridgehead atoms. The van der Waals surface area contributed by atoms with Crippen LogP contribution in [0.15, 0.2) is 11.6 Å². The molecule has 1 N–H and O–H groups in total. The van der Waals surface area contributed by atoms with E-state index in [0.29, 0.717) is 5.92 Å². The predicted octanol–water partition coefficient (Wildman–Crippen LogP) is 4.26. The number of aliphatic carboxylic acids is 1. The van der Waals surface area contributed by atoms with Gasteiger partial charge in [-0.15, -0.1) is 0 Å². The molecule has 16 heavy (non-hydrogen) atoms. The zero-order valence-electron chi connectivity index (χ0n) is 11.3. The van der Waals surface area contributed by atoms with Gasteiger partial charge >= 0.3 is 5.97 Å². The summed E-state index contributed by atoms with van der Waals surface area (Å²) in [6.07, 6.45) is 6.27. The number of carboxylic acids is 1. The van der Waals surface area contributed by atoms with E-state index in [0.717, 1.165) is 25.7 Å². The molecular formula is C14H26O2. The fourth-order valence-corrected chi connectivity index (χ4v) is 1.52. The van der Waals surface area contributed by atoms with Crippen molar-refractivity contribution in [3.05, 3.63) is 11.6 Å². The van der Waals surface area contributed by atoms with Crippen molar-refractivity contribution >= 4 is 5.97 Å². The van der Waals surface area contributed by atoms with Crippen molar-refractivity contribution in [3.8, 4) is 0 Å². The van der Waals surface area contributed by atoms with Crippen LogP contribution in [0.3, 0.4) is 0 Å². The number of carboxylic acid groups (broad SMARTS) is 1. The van der Waals surface area contributed by atoms with Crippen LogP contribution in [-0.4, -0.2) is 11.1 Å². The summed E-state index contributed by atoms with van der Waals surface area (Å²) in [6, 6.07) is 0. The highest BCUT2D eigenvalue weighted by Crippen LogP contribution is 2.26. The molecular weight excluding hydrogens is 200 g/mol. The van der Waals surface area contributed by atoms with Gasteiger partial charge in [-0.1, -0.05) is 18.6 Å². The number of hydrogen-bond acceptors (Lipinski definition) is 1. The van der Waals surface area contributed by atoms with Crippen LogP contribution in [0, 0.1) is 11.3 Å². The molecule has 0 fully saturated rings. The van der Waals surface area contributed by atoms with Crippen LogP contribution >= 0.6 is 0 Å². The molecule has 1 unspecified atom stereocenters. The van der Waals surface area contributed by atoms with Crippen molar-refractivity contribution in [2.75, 3.05) is 0 Å². The van der Waals surface area contributed by atoms with Gasteiger partial charge in [-0.2, -0.15) is 0 Å². The number of rotatable bonds is 7. The first-order valence-corrected chi connectivity index (χ1v) is 6.12. The zero-order valence-corrected chi connectivity index (χ0v) is 11.3. The van der Waals surface area contributed by atoms with Crippen molar-refractivity contribution in [1.29, 1.82) is 0 Å². The van der Waals surface area contributed by atoms with Crippen LogP contribution in [0.4, 0.5) is 0 Å². The molecule has 94 valence electrons. The van der Waals surface area contributed by atoms with E-state index in [1.54, 1.807) is 13.8 Å². The predicted molar refractivity (Wildman–Crippen MR) is 68.5 cm³/mol. The lowest BCUT2D eigenvalue weighted by Gasteiger charge is -2.21. The van der Waals surface area contributed by atoms with E-state index in [4.69, 9.17) is 5.11 Å². The Hall–Kier alpha value is -0.790. The van der Waals surface area contributed by atoms with E-state index in [-0.39, 0.29) is 0 Å². The smallest absolute Gasteiger partial charge is 0.309 e. The standard InChI is InChI=1S/C14H26O2/c1-11(2)7-6-8-12(3)9-10-14(4,5)13(15)16/h7,12H,6,8-10H2,1-5H3,(H,15,16). The fraction of sp³-hybridized carbons (Fsp3) is 0.786. The average molecular weight is 226 g/mol. The molecule has 0 radical (unpaired) electrons. The summed E-state index contributed by atoms with van der Waals surface area (Å²) >= 11 is 0. The second-order valence-electron chi connectivity index (χ2n) is 5.69. The molecule has 0 amide bonds. The van der Waals surface area contributed by atoms with E-state index >= 15 is 0 Å². The number of hydrogen-bond donors (Lipinski definition) is 1. The molecule has 0 aliphatic carbocycles. The van der Waals surface area contributed by atoms with E-state index in [1.807, 2.05) is 0 Å². The third-order valence-electron chi connectivity index (χ3n) is 3.05. The lowest BCUT2D eigenvalue weighted by molar-refractivity contribution is -0.147. The van der Waals surface area contributed by atoms with Crippen LogP contribution in [0.1, 0.15) is 60.3 Å². The maximum atomic E-state index is 10.9. The largest absolute Gasteiger partial charge is 0.481 e. The van der Waals surface area contributed by atoms with Gasteiger partial charge in [0.1, 0.15) is 0 Å². The first kappa shape index (κ1) is 15.2. The summed E-state index contributed by atoms with van der Waals surface area (Å²) in [6.45, 7) is 10.0. The van der Waals surface area contributed by atoms with Crippen LogP contribution in [0.5, 0.6) is 0 Å². The summed E-state index contributed by atoms with van der Waals surface area (Å²) < 4.78 is 0. The topological polar surface area (TPSA) is 37.3 Å². The van der Waals surface area contributed by atoms with E-state index in [2.05, 4.69) is 26.8 Å². The van der Waals surface area contributed by atoms with E-state index in [1.165, 1.54) is 5.57 Å². The molecule has 0 aromatic carbocycles. The molecule has 0 saturated carbocycles. The molecule has 0 spiro atoms. The Morgan fingerprint density at radius 3 is 2.31 bits per heavy atom. The van der Waals surface area contributed by atoms with Crippen molar-refractivity contribution < 1.29 is 9.90 Å². The molecule has 1 atom stereocenters. The summed E-state index contributed by atoms with van der Waals surface area (Å²) in [5.74, 6) is -0.0850. The fourth-order valence-electron chi connectivity index (χ4n) is 1.52. The van der Waals surface area contributed by atoms with Crippen LogP contribution in [0.25, 0.3) is 0 Å². The summed E-state index contributed by atoms with van der Waals surface area (Å²) in [7, 11) is 0. The molecule has 0 rings (SSSR count). The normalized spacial score (nSPS) is 13.3. The Morgan fingerprint density at radius 1 is 1.31 bits per heavy atom. The van der Waals surface area contributed by atoms with Crippen molar-refractivity contribution in [1.82, 2.24) is 0 Å². The molecule has 0 aromatic rings. The SMILES string of the molecule is CC(C)=CCCC(C)CCC(C)(C)C(=O)O. The maximum Gasteiger partial charge on any atom is 0.309 e. The monoisotopic (exact) mass is 226 g/mol. The summed E-state index contributed by atoms with van der Waals surface area (Å²) in [5.41, 5.74) is 0.781. The van der Waals surface area contributed by atoms with Crippen LogP contribution in [-0.2, 0) is 4.79 Å². The third kappa shape index (κ3) is 6.65. The first-order valence-electron chi connectivity index (χ1n) is 6.12. The molecule has 2 nitrogen and oxygen atoms in total. The second-order valence-corrected chi connectivity index (χ2v) is 5.69. The van der Waals surface area contributed by atoms with Crippen molar-refractivity contribution in [3.63, 3.8) is 0 Å². The second kappa shape index (κ2) is 6.72. The molecule has 0 aliphatic heterocycles. The summed E-state index contributed by atoms with van der Waals surface area (Å²) in [5, 5.41) is 8.99. The first-order chi connectivity index (χ1) is 7.25. The van der Waals surface area contributed by atoms with Crippen molar-refractivity contribution in [2.45, 2.75) is 60.3 Å². The third-order valence-corrected chi connectivity index (χ3v) is 3.05. The Kier molecular flexibility index (Phi) is 6.39. The molecule has 0 saturated heterocycles. The van der Waals surface area contributed by atoms with E-state index in [9.17, 15) is 4.79 Å². The van der Waals surface area contributed by atoms with Gasteiger partial charge in [-0.05, 0) is 59.3 Å². The molecule has 2 heteroatoms. The Balaban J connectivity index is 3.86. The van der Waals surface area contributed by atoms with Gasteiger partial charge in [-0.25, -0.2) is 0 Å². The molecule has 0 aromatic heterocycles. The highest BCUT2D eigenvalue weighted by Gasteiger charge is 2.26. The Morgan fingerprint density at radius 2 is 1.88 bits per heavy atom. The van der Waals surface area contributed by atoms with Gasteiger partial charge in [0.25, 0.3) is 0 Å². The number of carbonyl (C=O) groups is 1. The molecule has 0 aliphatic rings. The van der Waals surface area contributed by atoms with Gasteiger partial charge in [0, 0.05) is 0 Å². The Bertz CT molecular complexity index is 247. The molecule has 0 heterocycles.